The summed E-state index contributed by atoms with van der Waals surface area (Å²) in [5, 5.41) is 18.8. The molecule has 122 valence electrons. The maximum absolute atomic E-state index is 11.3. The highest BCUT2D eigenvalue weighted by Crippen LogP contribution is 2.13. The fourth-order valence-corrected chi connectivity index (χ4v) is 2.17. The zero-order valence-electron chi connectivity index (χ0n) is 12.2. The zero-order chi connectivity index (χ0) is 15.9. The van der Waals surface area contributed by atoms with E-state index in [1.165, 1.54) is 22.0 Å². The lowest BCUT2D eigenvalue weighted by molar-refractivity contribution is -0.130. The molecule has 0 fully saturated rings. The van der Waals surface area contributed by atoms with Crippen molar-refractivity contribution in [3.8, 4) is 0 Å². The van der Waals surface area contributed by atoms with Gasteiger partial charge in [-0.3, -0.25) is 19.4 Å². The molecule has 8 heteroatoms. The van der Waals surface area contributed by atoms with Crippen LogP contribution in [0.1, 0.15) is 12.8 Å². The molecule has 2 N–H and O–H groups in total. The minimum Gasteiger partial charge on any atom is -0.495 e. The summed E-state index contributed by atoms with van der Waals surface area (Å²) in [6.45, 7) is 1.93. The van der Waals surface area contributed by atoms with Crippen LogP contribution in [0.5, 0.6) is 0 Å². The van der Waals surface area contributed by atoms with Crippen molar-refractivity contribution >= 4 is 11.8 Å². The van der Waals surface area contributed by atoms with Crippen molar-refractivity contribution in [1.82, 2.24) is 9.80 Å². The third-order valence-electron chi connectivity index (χ3n) is 3.36. The van der Waals surface area contributed by atoms with E-state index in [0.717, 1.165) is 0 Å². The molecular weight excluding hydrogens is 292 g/mol. The third kappa shape index (κ3) is 4.22. The van der Waals surface area contributed by atoms with E-state index >= 15 is 0 Å². The van der Waals surface area contributed by atoms with Crippen molar-refractivity contribution in [3.63, 3.8) is 0 Å². The molecule has 0 saturated carbocycles. The van der Waals surface area contributed by atoms with Gasteiger partial charge in [0, 0.05) is 0 Å². The van der Waals surface area contributed by atoms with Crippen molar-refractivity contribution in [2.24, 2.45) is 0 Å². The van der Waals surface area contributed by atoms with Gasteiger partial charge in [0.2, 0.25) is 11.8 Å². The first kappa shape index (κ1) is 16.3. The van der Waals surface area contributed by atoms with E-state index in [1.807, 2.05) is 0 Å². The molecule has 2 amide bonds. The summed E-state index contributed by atoms with van der Waals surface area (Å²) in [6, 6.07) is 0. The third-order valence-corrected chi connectivity index (χ3v) is 3.36. The molecule has 0 aromatic heterocycles. The highest BCUT2D eigenvalue weighted by atomic mass is 16.5. The van der Waals surface area contributed by atoms with Gasteiger partial charge in [-0.2, -0.15) is 0 Å². The van der Waals surface area contributed by atoms with Crippen LogP contribution in [0.25, 0.3) is 0 Å². The van der Waals surface area contributed by atoms with Crippen molar-refractivity contribution in [3.05, 3.63) is 23.9 Å². The molecule has 0 radical (unpaired) electrons. The summed E-state index contributed by atoms with van der Waals surface area (Å²) in [5.74, 6) is -0.318. The lowest BCUT2D eigenvalue weighted by atomic mass is 10.4. The molecule has 0 aromatic rings. The number of amides is 2. The maximum Gasteiger partial charge on any atom is 0.233 e. The summed E-state index contributed by atoms with van der Waals surface area (Å²) < 4.78 is 10.6. The molecule has 2 heterocycles. The molecule has 2 rings (SSSR count). The van der Waals surface area contributed by atoms with Crippen LogP contribution < -0.4 is 0 Å². The molecule has 8 nitrogen and oxygen atoms in total. The molecule has 2 aliphatic heterocycles. The lowest BCUT2D eigenvalue weighted by Gasteiger charge is -2.17. The quantitative estimate of drug-likeness (QED) is 0.593. The Hall–Kier alpha value is -2.06. The van der Waals surface area contributed by atoms with E-state index in [-0.39, 0.29) is 36.4 Å². The molecule has 0 atom stereocenters. The largest absolute Gasteiger partial charge is 0.495 e. The molecular formula is C14H20N2O6. The van der Waals surface area contributed by atoms with Crippen LogP contribution in [-0.4, -0.2) is 71.3 Å². The van der Waals surface area contributed by atoms with Crippen LogP contribution in [-0.2, 0) is 19.1 Å². The number of aliphatic hydroxyl groups is 2. The Morgan fingerprint density at radius 3 is 1.55 bits per heavy atom. The van der Waals surface area contributed by atoms with Gasteiger partial charge < -0.3 is 19.7 Å². The average Bonchev–Trinajstić information content (AvgIpc) is 2.98. The number of hydrogen-bond donors (Lipinski definition) is 2. The minimum absolute atomic E-state index is 0.0204. The average molecular weight is 312 g/mol. The number of nitrogens with zero attached hydrogens (tertiary/aromatic N) is 2. The number of rotatable bonds is 9. The fraction of sp³-hybridized carbons (Fsp3) is 0.571. The summed E-state index contributed by atoms with van der Waals surface area (Å²) >= 11 is 0. The van der Waals surface area contributed by atoms with E-state index in [2.05, 4.69) is 0 Å². The standard InChI is InChI=1S/C14H20N2O6/c17-11-1-2-12(18)15(11)5-7-21-9-10-22-8-6-16-13(19)3-4-14(16)20/h1,3,17,19H,2,4-10H2. The van der Waals surface area contributed by atoms with Crippen LogP contribution in [0.2, 0.25) is 0 Å². The topological polar surface area (TPSA) is 99.5 Å². The second-order valence-electron chi connectivity index (χ2n) is 4.85. The normalized spacial score (nSPS) is 18.2. The second kappa shape index (κ2) is 7.81. The highest BCUT2D eigenvalue weighted by molar-refractivity contribution is 5.82. The minimum atomic E-state index is -0.138. The van der Waals surface area contributed by atoms with Gasteiger partial charge in [-0.1, -0.05) is 0 Å². The first-order chi connectivity index (χ1) is 10.6. The molecule has 0 bridgehead atoms. The Balaban J connectivity index is 1.46. The zero-order valence-corrected chi connectivity index (χ0v) is 12.2. The molecule has 0 aliphatic carbocycles. The van der Waals surface area contributed by atoms with Crippen LogP contribution in [0.4, 0.5) is 0 Å². The van der Waals surface area contributed by atoms with Crippen molar-refractivity contribution in [1.29, 1.82) is 0 Å². The highest BCUT2D eigenvalue weighted by Gasteiger charge is 2.23. The smallest absolute Gasteiger partial charge is 0.233 e. The van der Waals surface area contributed by atoms with E-state index in [1.54, 1.807) is 0 Å². The van der Waals surface area contributed by atoms with Crippen LogP contribution in [0.15, 0.2) is 23.9 Å². The van der Waals surface area contributed by atoms with E-state index < -0.39 is 0 Å². The molecule has 0 saturated heterocycles. The molecule has 22 heavy (non-hydrogen) atoms. The Labute approximate surface area is 128 Å². The summed E-state index contributed by atoms with van der Waals surface area (Å²) in [4.78, 5) is 25.2. The van der Waals surface area contributed by atoms with E-state index in [4.69, 9.17) is 9.47 Å². The number of hydrogen-bond acceptors (Lipinski definition) is 6. The van der Waals surface area contributed by atoms with Gasteiger partial charge in [0.1, 0.15) is 0 Å². The van der Waals surface area contributed by atoms with Gasteiger partial charge in [-0.15, -0.1) is 0 Å². The Bertz CT molecular complexity index is 444. The van der Waals surface area contributed by atoms with Crippen LogP contribution in [0, 0.1) is 0 Å². The summed E-state index contributed by atoms with van der Waals surface area (Å²) in [5.41, 5.74) is 0. The molecule has 0 unspecified atom stereocenters. The number of carbonyl (C=O) groups excluding carboxylic acids is 2. The molecule has 2 aliphatic rings. The number of aliphatic hydroxyl groups excluding tert-OH is 2. The number of ether oxygens (including phenoxy) is 2. The summed E-state index contributed by atoms with van der Waals surface area (Å²) in [6.07, 6.45) is 3.39. The van der Waals surface area contributed by atoms with Gasteiger partial charge in [0.25, 0.3) is 0 Å². The van der Waals surface area contributed by atoms with Crippen molar-refractivity contribution < 1.29 is 29.3 Å². The molecule has 0 aromatic carbocycles. The van der Waals surface area contributed by atoms with Crippen molar-refractivity contribution in [2.75, 3.05) is 39.5 Å². The van der Waals surface area contributed by atoms with Gasteiger partial charge >= 0.3 is 0 Å². The monoisotopic (exact) mass is 312 g/mol. The summed E-state index contributed by atoms with van der Waals surface area (Å²) in [7, 11) is 0. The lowest BCUT2D eigenvalue weighted by Crippen LogP contribution is -2.30. The van der Waals surface area contributed by atoms with Crippen LogP contribution in [0.3, 0.4) is 0 Å². The second-order valence-corrected chi connectivity index (χ2v) is 4.85. The Morgan fingerprint density at radius 2 is 1.23 bits per heavy atom. The predicted molar refractivity (Wildman–Crippen MR) is 75.7 cm³/mol. The number of carbonyl (C=O) groups is 2. The molecule has 0 spiro atoms. The van der Waals surface area contributed by atoms with Crippen LogP contribution >= 0.6 is 0 Å². The Kier molecular flexibility index (Phi) is 5.79. The van der Waals surface area contributed by atoms with Crippen molar-refractivity contribution in [2.45, 2.75) is 12.8 Å². The fourth-order valence-electron chi connectivity index (χ4n) is 2.17. The van der Waals surface area contributed by atoms with Gasteiger partial charge in [-0.25, -0.2) is 0 Å². The van der Waals surface area contributed by atoms with Gasteiger partial charge in [-0.05, 0) is 12.2 Å². The van der Waals surface area contributed by atoms with Gasteiger partial charge in [0.05, 0.1) is 52.4 Å². The first-order valence-electron chi connectivity index (χ1n) is 7.14. The predicted octanol–water partition coefficient (Wildman–Crippen LogP) is 0.283. The Morgan fingerprint density at radius 1 is 0.818 bits per heavy atom. The van der Waals surface area contributed by atoms with E-state index in [9.17, 15) is 19.8 Å². The first-order valence-corrected chi connectivity index (χ1v) is 7.14. The SMILES string of the molecule is O=C1CC=C(O)N1CCOCCOCCN1C(=O)CC=C1O. The van der Waals surface area contributed by atoms with E-state index in [0.29, 0.717) is 39.5 Å². The van der Waals surface area contributed by atoms with Gasteiger partial charge in [0.15, 0.2) is 11.8 Å². The maximum atomic E-state index is 11.3.